The highest BCUT2D eigenvalue weighted by Gasteiger charge is 2.42. The Hall–Kier alpha value is -3.92. The normalized spacial score (nSPS) is 18.3. The predicted octanol–water partition coefficient (Wildman–Crippen LogP) is 6.78. The van der Waals surface area contributed by atoms with E-state index in [9.17, 15) is 14.0 Å². The number of rotatable bonds is 2. The lowest BCUT2D eigenvalue weighted by molar-refractivity contribution is 0.0869. The van der Waals surface area contributed by atoms with E-state index >= 15 is 0 Å². The van der Waals surface area contributed by atoms with E-state index in [-0.39, 0.29) is 33.3 Å². The van der Waals surface area contributed by atoms with Crippen LogP contribution in [-0.4, -0.2) is 57.0 Å². The summed E-state index contributed by atoms with van der Waals surface area (Å²) < 4.78 is 15.5. The molecule has 0 saturated heterocycles. The van der Waals surface area contributed by atoms with Gasteiger partial charge in [0, 0.05) is 36.6 Å². The molecule has 2 atom stereocenters. The van der Waals surface area contributed by atoms with Gasteiger partial charge in [0.2, 0.25) is 0 Å². The molecule has 45 heavy (non-hydrogen) atoms. The predicted molar refractivity (Wildman–Crippen MR) is 176 cm³/mol. The fourth-order valence-corrected chi connectivity index (χ4v) is 5.89. The summed E-state index contributed by atoms with van der Waals surface area (Å²) in [5, 5.41) is 0.434. The average Bonchev–Trinajstić information content (AvgIpc) is 2.95. The summed E-state index contributed by atoms with van der Waals surface area (Å²) in [5.41, 5.74) is 6.91. The van der Waals surface area contributed by atoms with Crippen molar-refractivity contribution in [3.8, 4) is 0 Å². The molecule has 4 heterocycles. The molecule has 0 spiro atoms. The third-order valence-electron chi connectivity index (χ3n) is 7.79. The summed E-state index contributed by atoms with van der Waals surface area (Å²) in [6, 6.07) is 11.1. The molecule has 4 aromatic rings. The minimum absolute atomic E-state index is 0. The van der Waals surface area contributed by atoms with E-state index in [1.807, 2.05) is 65.8 Å². The van der Waals surface area contributed by atoms with Crippen molar-refractivity contribution in [3.63, 3.8) is 0 Å². The highest BCUT2D eigenvalue weighted by atomic mass is 35.5. The zero-order valence-electron chi connectivity index (χ0n) is 26.9. The monoisotopic (exact) mass is 630 g/mol. The van der Waals surface area contributed by atoms with Gasteiger partial charge >= 0.3 is 0 Å². The lowest BCUT2D eigenvalue weighted by atomic mass is 9.71. The number of carbonyl (C=O) groups excluding carboxylic acids is 2. The van der Waals surface area contributed by atoms with Gasteiger partial charge in [0.15, 0.2) is 11.6 Å². The first-order chi connectivity index (χ1) is 20.9. The summed E-state index contributed by atoms with van der Waals surface area (Å²) >= 11 is 5.88. The van der Waals surface area contributed by atoms with Gasteiger partial charge in [0.1, 0.15) is 16.8 Å². The van der Waals surface area contributed by atoms with Crippen LogP contribution in [0.2, 0.25) is 5.15 Å². The van der Waals surface area contributed by atoms with Gasteiger partial charge in [-0.1, -0.05) is 19.0 Å². The van der Waals surface area contributed by atoms with Crippen molar-refractivity contribution >= 4 is 31.6 Å². The van der Waals surface area contributed by atoms with Gasteiger partial charge in [0.25, 0.3) is 0 Å². The van der Waals surface area contributed by atoms with Crippen LogP contribution < -0.4 is 0 Å². The molecular formula is C34H40BClFN6O2. The third-order valence-corrected chi connectivity index (χ3v) is 8.00. The van der Waals surface area contributed by atoms with E-state index in [1.54, 1.807) is 12.1 Å². The molecule has 235 valence electrons. The molecule has 0 saturated carbocycles. The number of fused-ring (bicyclic) bond motifs is 2. The van der Waals surface area contributed by atoms with Crippen LogP contribution in [0.5, 0.6) is 0 Å². The van der Waals surface area contributed by atoms with Crippen LogP contribution in [0.4, 0.5) is 4.39 Å². The fourth-order valence-electron chi connectivity index (χ4n) is 5.73. The number of hydrogen-bond acceptors (Lipinski definition) is 8. The van der Waals surface area contributed by atoms with Gasteiger partial charge in [-0.2, -0.15) is 0 Å². The van der Waals surface area contributed by atoms with Crippen LogP contribution in [0.1, 0.15) is 107 Å². The van der Waals surface area contributed by atoms with E-state index in [0.29, 0.717) is 22.4 Å². The number of Topliss-reactive ketones (excluding diaryl/α,β-unsaturated/α-hetero) is 2. The number of halogens is 2. The molecular weight excluding hydrogens is 590 g/mol. The Bertz CT molecular complexity index is 1690. The number of aryl methyl sites for hydroxylation is 7. The molecule has 2 unspecified atom stereocenters. The third kappa shape index (κ3) is 8.03. The fraction of sp³-hybridized carbons (Fsp3) is 0.412. The zero-order valence-corrected chi connectivity index (χ0v) is 26.7. The maximum Gasteiger partial charge on any atom is 0.176 e. The Kier molecular flexibility index (Phi) is 12.2. The number of aromatic nitrogens is 6. The van der Waals surface area contributed by atoms with Gasteiger partial charge in [-0.3, -0.25) is 19.0 Å². The van der Waals surface area contributed by atoms with Crippen molar-refractivity contribution in [1.29, 1.82) is 0 Å². The van der Waals surface area contributed by atoms with Gasteiger partial charge < -0.3 is 0 Å². The van der Waals surface area contributed by atoms with E-state index < -0.39 is 12.6 Å². The van der Waals surface area contributed by atoms with Gasteiger partial charge in [-0.05, 0) is 104 Å². The maximum atomic E-state index is 13.0. The SMILES string of the molecule is C.Cc1cc(C2(C)CCc3nc(C)ccc3C2=O)nc(C)n1.Cc1cc(C2CCc3nc(Cl)ccc3C2=O)nc(C)n1.[2H]CF.[B]. The smallest absolute Gasteiger partial charge is 0.176 e. The summed E-state index contributed by atoms with van der Waals surface area (Å²) in [4.78, 5) is 51.8. The minimum atomic E-state index is -1.00. The van der Waals surface area contributed by atoms with E-state index in [1.165, 1.54) is 0 Å². The van der Waals surface area contributed by atoms with Crippen molar-refractivity contribution in [2.24, 2.45) is 0 Å². The molecule has 6 rings (SSSR count). The lowest BCUT2D eigenvalue weighted by Gasteiger charge is -2.32. The molecule has 0 bridgehead atoms. The first kappa shape index (κ1) is 35.6. The molecule has 11 heteroatoms. The van der Waals surface area contributed by atoms with Gasteiger partial charge in [-0.25, -0.2) is 24.9 Å². The second kappa shape index (κ2) is 15.4. The largest absolute Gasteiger partial charge is 0.293 e. The first-order valence-electron chi connectivity index (χ1n) is 14.8. The molecule has 0 amide bonds. The summed E-state index contributed by atoms with van der Waals surface area (Å²) in [5.74, 6) is 1.41. The van der Waals surface area contributed by atoms with Gasteiger partial charge in [0.05, 0.1) is 42.6 Å². The molecule has 4 aromatic heterocycles. The van der Waals surface area contributed by atoms with Crippen LogP contribution in [0.3, 0.4) is 0 Å². The Morgan fingerprint density at radius 2 is 1.42 bits per heavy atom. The van der Waals surface area contributed by atoms with Crippen molar-refractivity contribution in [1.82, 2.24) is 29.9 Å². The summed E-state index contributed by atoms with van der Waals surface area (Å²) in [6.45, 7) is 11.5. The second-order valence-corrected chi connectivity index (χ2v) is 11.5. The molecule has 0 N–H and O–H groups in total. The number of ketones is 2. The average molecular weight is 631 g/mol. The van der Waals surface area contributed by atoms with Crippen LogP contribution >= 0.6 is 11.6 Å². The Labute approximate surface area is 273 Å². The molecule has 0 aliphatic heterocycles. The van der Waals surface area contributed by atoms with Gasteiger partial charge in [-0.15, -0.1) is 0 Å². The second-order valence-electron chi connectivity index (χ2n) is 11.1. The number of hydrogen-bond donors (Lipinski definition) is 0. The molecule has 0 fully saturated rings. The molecule has 2 aliphatic carbocycles. The molecule has 2 aliphatic rings. The summed E-state index contributed by atoms with van der Waals surface area (Å²) in [7, 11) is -1.00. The highest BCUT2D eigenvalue weighted by molar-refractivity contribution is 6.29. The Balaban J connectivity index is 0.000000284. The number of pyridine rings is 2. The first-order valence-corrected chi connectivity index (χ1v) is 14.4. The Morgan fingerprint density at radius 3 is 2.07 bits per heavy atom. The minimum Gasteiger partial charge on any atom is -0.293 e. The van der Waals surface area contributed by atoms with Crippen LogP contribution in [0, 0.1) is 34.6 Å². The van der Waals surface area contributed by atoms with Crippen LogP contribution in [0.25, 0.3) is 0 Å². The van der Waals surface area contributed by atoms with E-state index in [0.717, 1.165) is 71.1 Å². The standard InChI is InChI=1S/C17H19N3O.C15H14ClN3O.CH3F.CH4.B/c1-10-5-6-13-14(19-10)7-8-17(4,16(13)21)15-9-11(2)18-12(3)20-15;1-8-7-13(18-9(2)17-8)11-3-5-12-10(15(11)20)4-6-14(16)19-12;1-2;;/h5-6,9H,7-8H2,1-4H3;4,6-7,11H,3,5H2,1-2H3;1H3;1H4;/i;;1D;;. The highest BCUT2D eigenvalue weighted by Crippen LogP contribution is 2.37. The number of alkyl halides is 1. The van der Waals surface area contributed by atoms with Crippen LogP contribution in [-0.2, 0) is 18.3 Å². The van der Waals surface area contributed by atoms with Crippen molar-refractivity contribution in [3.05, 3.63) is 104 Å². The quantitative estimate of drug-likeness (QED) is 0.176. The molecule has 3 radical (unpaired) electrons. The van der Waals surface area contributed by atoms with Crippen LogP contribution in [0.15, 0.2) is 36.4 Å². The number of carbonyl (C=O) groups is 2. The van der Waals surface area contributed by atoms with E-state index in [2.05, 4.69) is 29.9 Å². The Morgan fingerprint density at radius 1 is 0.822 bits per heavy atom. The maximum absolute atomic E-state index is 13.0. The molecule has 0 aromatic carbocycles. The topological polar surface area (TPSA) is 111 Å². The van der Waals surface area contributed by atoms with Crippen molar-refractivity contribution in [2.75, 3.05) is 7.15 Å². The number of nitrogens with zero attached hydrogens (tertiary/aromatic N) is 6. The molecule has 8 nitrogen and oxygen atoms in total. The lowest BCUT2D eigenvalue weighted by Crippen LogP contribution is -2.39. The van der Waals surface area contributed by atoms with E-state index in [4.69, 9.17) is 13.0 Å². The van der Waals surface area contributed by atoms with Crippen molar-refractivity contribution < 1.29 is 15.4 Å². The zero-order chi connectivity index (χ0) is 32.2. The summed E-state index contributed by atoms with van der Waals surface area (Å²) in [6.07, 6.45) is 3.01. The van der Waals surface area contributed by atoms with Crippen molar-refractivity contribution in [2.45, 2.75) is 86.0 Å².